The van der Waals surface area contributed by atoms with E-state index in [1.165, 1.54) is 5.56 Å². The molecule has 106 valence electrons. The van der Waals surface area contributed by atoms with E-state index in [4.69, 9.17) is 4.74 Å². The molecule has 2 aromatic rings. The van der Waals surface area contributed by atoms with E-state index in [2.05, 4.69) is 18.2 Å². The SMILES string of the molecule is CC(O)CCCCOc1ccccc1-c1ccccc1. The highest BCUT2D eigenvalue weighted by molar-refractivity contribution is 5.70. The standard InChI is InChI=1S/C18H22O2/c1-15(19)9-7-8-14-20-18-13-6-5-12-17(18)16-10-3-2-4-11-16/h2-6,10-13,15,19H,7-9,14H2,1H3. The Morgan fingerprint density at radius 2 is 1.65 bits per heavy atom. The zero-order valence-corrected chi connectivity index (χ0v) is 12.0. The first kappa shape index (κ1) is 14.6. The monoisotopic (exact) mass is 270 g/mol. The van der Waals surface area contributed by atoms with Gasteiger partial charge in [0.05, 0.1) is 12.7 Å². The molecule has 1 atom stereocenters. The van der Waals surface area contributed by atoms with Crippen LogP contribution in [-0.2, 0) is 0 Å². The molecule has 2 heteroatoms. The quantitative estimate of drug-likeness (QED) is 0.761. The molecular formula is C18H22O2. The largest absolute Gasteiger partial charge is 0.493 e. The van der Waals surface area contributed by atoms with E-state index in [-0.39, 0.29) is 6.10 Å². The third-order valence-corrected chi connectivity index (χ3v) is 3.25. The van der Waals surface area contributed by atoms with Crippen LogP contribution in [0.15, 0.2) is 54.6 Å². The van der Waals surface area contributed by atoms with Crippen molar-refractivity contribution in [1.82, 2.24) is 0 Å². The second kappa shape index (κ2) is 7.71. The molecule has 0 radical (unpaired) electrons. The lowest BCUT2D eigenvalue weighted by Crippen LogP contribution is -2.02. The van der Waals surface area contributed by atoms with Gasteiger partial charge < -0.3 is 9.84 Å². The maximum Gasteiger partial charge on any atom is 0.127 e. The fraction of sp³-hybridized carbons (Fsp3) is 0.333. The smallest absolute Gasteiger partial charge is 0.127 e. The first-order valence-electron chi connectivity index (χ1n) is 7.22. The summed E-state index contributed by atoms with van der Waals surface area (Å²) in [7, 11) is 0. The fourth-order valence-corrected chi connectivity index (χ4v) is 2.17. The molecule has 1 unspecified atom stereocenters. The van der Waals surface area contributed by atoms with Crippen LogP contribution in [0.2, 0.25) is 0 Å². The number of hydrogen-bond acceptors (Lipinski definition) is 2. The summed E-state index contributed by atoms with van der Waals surface area (Å²) in [5.41, 5.74) is 2.30. The molecule has 0 heterocycles. The number of unbranched alkanes of at least 4 members (excludes halogenated alkanes) is 1. The van der Waals surface area contributed by atoms with Crippen molar-refractivity contribution < 1.29 is 9.84 Å². The number of ether oxygens (including phenoxy) is 1. The first-order chi connectivity index (χ1) is 9.77. The maximum atomic E-state index is 9.22. The number of rotatable bonds is 7. The van der Waals surface area contributed by atoms with Crippen LogP contribution in [0.3, 0.4) is 0 Å². The number of aliphatic hydroxyl groups is 1. The average molecular weight is 270 g/mol. The van der Waals surface area contributed by atoms with Crippen molar-refractivity contribution in [2.24, 2.45) is 0 Å². The molecule has 0 bridgehead atoms. The Labute approximate surface area is 121 Å². The highest BCUT2D eigenvalue weighted by Crippen LogP contribution is 2.29. The molecule has 2 nitrogen and oxygen atoms in total. The Morgan fingerprint density at radius 1 is 0.950 bits per heavy atom. The van der Waals surface area contributed by atoms with Crippen molar-refractivity contribution in [2.45, 2.75) is 32.3 Å². The van der Waals surface area contributed by atoms with Crippen molar-refractivity contribution in [3.05, 3.63) is 54.6 Å². The third-order valence-electron chi connectivity index (χ3n) is 3.25. The molecule has 0 aliphatic rings. The van der Waals surface area contributed by atoms with Gasteiger partial charge in [0.2, 0.25) is 0 Å². The Bertz CT molecular complexity index is 506. The molecule has 1 N–H and O–H groups in total. The van der Waals surface area contributed by atoms with Crippen LogP contribution in [0.25, 0.3) is 11.1 Å². The molecule has 0 saturated carbocycles. The normalized spacial score (nSPS) is 12.1. The summed E-state index contributed by atoms with van der Waals surface area (Å²) >= 11 is 0. The Kier molecular flexibility index (Phi) is 5.63. The zero-order valence-electron chi connectivity index (χ0n) is 12.0. The van der Waals surface area contributed by atoms with Gasteiger partial charge in [0.1, 0.15) is 5.75 Å². The molecule has 2 aromatic carbocycles. The summed E-state index contributed by atoms with van der Waals surface area (Å²) in [6.45, 7) is 2.52. The van der Waals surface area contributed by atoms with Crippen molar-refractivity contribution >= 4 is 0 Å². The predicted molar refractivity (Wildman–Crippen MR) is 82.9 cm³/mol. The molecule has 0 fully saturated rings. The summed E-state index contributed by atoms with van der Waals surface area (Å²) < 4.78 is 5.89. The minimum absolute atomic E-state index is 0.216. The number of aliphatic hydroxyl groups excluding tert-OH is 1. The summed E-state index contributed by atoms with van der Waals surface area (Å²) in [5.74, 6) is 0.927. The second-order valence-corrected chi connectivity index (χ2v) is 5.06. The van der Waals surface area contributed by atoms with Gasteiger partial charge in [-0.25, -0.2) is 0 Å². The van der Waals surface area contributed by atoms with Gasteiger partial charge >= 0.3 is 0 Å². The molecule has 0 aromatic heterocycles. The lowest BCUT2D eigenvalue weighted by molar-refractivity contribution is 0.177. The summed E-state index contributed by atoms with van der Waals surface area (Å²) in [4.78, 5) is 0. The van der Waals surface area contributed by atoms with E-state index >= 15 is 0 Å². The third kappa shape index (κ3) is 4.39. The van der Waals surface area contributed by atoms with Gasteiger partial charge in [-0.2, -0.15) is 0 Å². The second-order valence-electron chi connectivity index (χ2n) is 5.06. The van der Waals surface area contributed by atoms with Gasteiger partial charge in [0.25, 0.3) is 0 Å². The molecule has 0 aliphatic carbocycles. The van der Waals surface area contributed by atoms with Crippen LogP contribution >= 0.6 is 0 Å². The van der Waals surface area contributed by atoms with Gasteiger partial charge in [-0.05, 0) is 37.8 Å². The van der Waals surface area contributed by atoms with Crippen molar-refractivity contribution in [3.8, 4) is 16.9 Å². The van der Waals surface area contributed by atoms with Crippen molar-refractivity contribution in [2.75, 3.05) is 6.61 Å². The highest BCUT2D eigenvalue weighted by Gasteiger charge is 2.05. The van der Waals surface area contributed by atoms with E-state index in [1.807, 2.05) is 43.3 Å². The van der Waals surface area contributed by atoms with Gasteiger partial charge in [-0.1, -0.05) is 48.5 Å². The average Bonchev–Trinajstić information content (AvgIpc) is 2.48. The van der Waals surface area contributed by atoms with Crippen LogP contribution in [-0.4, -0.2) is 17.8 Å². The first-order valence-corrected chi connectivity index (χ1v) is 7.22. The lowest BCUT2D eigenvalue weighted by atomic mass is 10.1. The molecular weight excluding hydrogens is 248 g/mol. The Morgan fingerprint density at radius 3 is 2.40 bits per heavy atom. The molecule has 2 rings (SSSR count). The maximum absolute atomic E-state index is 9.22. The minimum Gasteiger partial charge on any atom is -0.493 e. The summed E-state index contributed by atoms with van der Waals surface area (Å²) in [6.07, 6.45) is 2.58. The topological polar surface area (TPSA) is 29.5 Å². The van der Waals surface area contributed by atoms with Crippen LogP contribution in [0, 0.1) is 0 Å². The van der Waals surface area contributed by atoms with Gasteiger partial charge in [-0.15, -0.1) is 0 Å². The van der Waals surface area contributed by atoms with E-state index in [1.54, 1.807) is 0 Å². The molecule has 0 spiro atoms. The van der Waals surface area contributed by atoms with Crippen LogP contribution in [0.5, 0.6) is 5.75 Å². The summed E-state index contributed by atoms with van der Waals surface area (Å²) in [5, 5.41) is 9.22. The van der Waals surface area contributed by atoms with Gasteiger partial charge in [0.15, 0.2) is 0 Å². The van der Waals surface area contributed by atoms with Crippen LogP contribution in [0.4, 0.5) is 0 Å². The van der Waals surface area contributed by atoms with Gasteiger partial charge in [0, 0.05) is 5.56 Å². The van der Waals surface area contributed by atoms with Crippen LogP contribution < -0.4 is 4.74 Å². The Hall–Kier alpha value is -1.80. The van der Waals surface area contributed by atoms with E-state index in [0.717, 1.165) is 30.6 Å². The lowest BCUT2D eigenvalue weighted by Gasteiger charge is -2.12. The van der Waals surface area contributed by atoms with Crippen LogP contribution in [0.1, 0.15) is 26.2 Å². The Balaban J connectivity index is 1.95. The van der Waals surface area contributed by atoms with Crippen molar-refractivity contribution in [1.29, 1.82) is 0 Å². The number of para-hydroxylation sites is 1. The van der Waals surface area contributed by atoms with Crippen molar-refractivity contribution in [3.63, 3.8) is 0 Å². The number of benzene rings is 2. The fourth-order valence-electron chi connectivity index (χ4n) is 2.17. The molecule has 0 saturated heterocycles. The van der Waals surface area contributed by atoms with E-state index in [9.17, 15) is 5.11 Å². The molecule has 20 heavy (non-hydrogen) atoms. The van der Waals surface area contributed by atoms with Gasteiger partial charge in [-0.3, -0.25) is 0 Å². The van der Waals surface area contributed by atoms with E-state index < -0.39 is 0 Å². The summed E-state index contributed by atoms with van der Waals surface area (Å²) in [6, 6.07) is 18.4. The minimum atomic E-state index is -0.216. The number of hydrogen-bond donors (Lipinski definition) is 1. The zero-order chi connectivity index (χ0) is 14.2. The van der Waals surface area contributed by atoms with E-state index in [0.29, 0.717) is 6.61 Å². The molecule has 0 amide bonds. The molecule has 0 aliphatic heterocycles. The highest BCUT2D eigenvalue weighted by atomic mass is 16.5. The predicted octanol–water partition coefficient (Wildman–Crippen LogP) is 4.28.